The summed E-state index contributed by atoms with van der Waals surface area (Å²) in [6, 6.07) is 12.6. The van der Waals surface area contributed by atoms with Crippen LogP contribution in [0.4, 0.5) is 24.7 Å². The van der Waals surface area contributed by atoms with Gasteiger partial charge < -0.3 is 20.3 Å². The number of aromatic nitrogens is 1. The van der Waals surface area contributed by atoms with Gasteiger partial charge in [-0.1, -0.05) is 30.7 Å². The van der Waals surface area contributed by atoms with Crippen molar-refractivity contribution in [3.8, 4) is 11.1 Å². The van der Waals surface area contributed by atoms with Gasteiger partial charge in [0.05, 0.1) is 17.9 Å². The van der Waals surface area contributed by atoms with Crippen LogP contribution in [0.5, 0.6) is 0 Å². The molecule has 2 heterocycles. The Kier molecular flexibility index (Phi) is 8.56. The van der Waals surface area contributed by atoms with E-state index in [0.29, 0.717) is 49.9 Å². The molecule has 1 amide bonds. The molecule has 0 fully saturated rings. The molecule has 0 unspecified atom stereocenters. The number of halogens is 4. The van der Waals surface area contributed by atoms with Crippen LogP contribution >= 0.6 is 11.6 Å². The summed E-state index contributed by atoms with van der Waals surface area (Å²) in [5.74, 6) is 0.378. The number of rotatable bonds is 9. The van der Waals surface area contributed by atoms with E-state index in [-0.39, 0.29) is 23.0 Å². The number of carbonyl (C=O) groups is 1. The summed E-state index contributed by atoms with van der Waals surface area (Å²) in [4.78, 5) is 19.0. The first-order chi connectivity index (χ1) is 17.8. The number of fused-ring (bicyclic) bond motifs is 1. The lowest BCUT2D eigenvalue weighted by atomic mass is 10.0. The number of alkyl halides is 3. The van der Waals surface area contributed by atoms with Crippen molar-refractivity contribution < 1.29 is 22.7 Å². The Balaban J connectivity index is 1.56. The molecule has 3 aromatic rings. The van der Waals surface area contributed by atoms with Crippen LogP contribution in [-0.2, 0) is 17.5 Å². The van der Waals surface area contributed by atoms with Gasteiger partial charge in [0.25, 0.3) is 5.91 Å². The number of benzene rings is 2. The second kappa shape index (κ2) is 11.8. The van der Waals surface area contributed by atoms with Gasteiger partial charge in [-0.05, 0) is 53.9 Å². The summed E-state index contributed by atoms with van der Waals surface area (Å²) < 4.78 is 46.3. The topological polar surface area (TPSA) is 66.5 Å². The van der Waals surface area contributed by atoms with Crippen LogP contribution < -0.4 is 15.5 Å². The highest BCUT2D eigenvalue weighted by atomic mass is 35.5. The average molecular weight is 533 g/mol. The average Bonchev–Trinajstić information content (AvgIpc) is 2.88. The number of nitrogens with zero attached hydrogens (tertiary/aromatic N) is 2. The molecule has 1 aromatic heterocycles. The Hall–Kier alpha value is -3.30. The number of hydrogen-bond donors (Lipinski definition) is 2. The second-order valence-corrected chi connectivity index (χ2v) is 9.12. The van der Waals surface area contributed by atoms with Crippen molar-refractivity contribution in [1.82, 2.24) is 10.3 Å². The van der Waals surface area contributed by atoms with Gasteiger partial charge in [-0.15, -0.1) is 0 Å². The zero-order chi connectivity index (χ0) is 26.4. The summed E-state index contributed by atoms with van der Waals surface area (Å²) in [6.45, 7) is 4.58. The number of nitrogens with one attached hydrogen (secondary N) is 2. The van der Waals surface area contributed by atoms with Gasteiger partial charge >= 0.3 is 6.18 Å². The summed E-state index contributed by atoms with van der Waals surface area (Å²) in [5.41, 5.74) is 2.08. The van der Waals surface area contributed by atoms with Crippen molar-refractivity contribution in [3.63, 3.8) is 0 Å². The molecular weight excluding hydrogens is 505 g/mol. The molecule has 196 valence electrons. The third kappa shape index (κ3) is 6.72. The highest BCUT2D eigenvalue weighted by Gasteiger charge is 2.34. The Labute approximate surface area is 218 Å². The highest BCUT2D eigenvalue weighted by molar-refractivity contribution is 6.30. The van der Waals surface area contributed by atoms with Gasteiger partial charge in [-0.25, -0.2) is 4.98 Å². The maximum atomic E-state index is 13.6. The molecule has 0 saturated carbocycles. The third-order valence-corrected chi connectivity index (χ3v) is 6.19. The number of amides is 1. The van der Waals surface area contributed by atoms with Crippen LogP contribution in [0, 0.1) is 0 Å². The number of anilines is 2. The molecule has 0 spiro atoms. The molecule has 10 heteroatoms. The lowest BCUT2D eigenvalue weighted by Crippen LogP contribution is -2.34. The first kappa shape index (κ1) is 26.8. The molecular formula is C27H28ClF3N4O2. The van der Waals surface area contributed by atoms with Gasteiger partial charge in [0.1, 0.15) is 5.82 Å². The maximum absolute atomic E-state index is 13.6. The lowest BCUT2D eigenvalue weighted by Gasteiger charge is -2.32. The van der Waals surface area contributed by atoms with Crippen LogP contribution in [0.25, 0.3) is 11.1 Å². The quantitative estimate of drug-likeness (QED) is 0.330. The van der Waals surface area contributed by atoms with Gasteiger partial charge in [-0.3, -0.25) is 4.79 Å². The third-order valence-electron chi connectivity index (χ3n) is 5.95. The van der Waals surface area contributed by atoms with Crippen LogP contribution in [-0.4, -0.2) is 43.7 Å². The number of carbonyl (C=O) groups excluding carboxylic acids is 1. The van der Waals surface area contributed by atoms with E-state index in [9.17, 15) is 18.0 Å². The monoisotopic (exact) mass is 532 g/mol. The summed E-state index contributed by atoms with van der Waals surface area (Å²) >= 11 is 6.03. The van der Waals surface area contributed by atoms with Crippen molar-refractivity contribution in [2.24, 2.45) is 0 Å². The molecule has 6 nitrogen and oxygen atoms in total. The predicted molar refractivity (Wildman–Crippen MR) is 139 cm³/mol. The minimum Gasteiger partial charge on any atom is -0.380 e. The van der Waals surface area contributed by atoms with Gasteiger partial charge in [0, 0.05) is 55.1 Å². The number of pyridine rings is 1. The standard InChI is InChI=1S/C27H28ClF3N4O2/c1-2-11-37-12-9-33-26(36)19-5-3-4-18(13-19)20-15-24-25(34-16-20)32-8-10-35(24)17-21-14-22(28)6-7-23(21)27(29,30)31/h3-7,13-16H,2,8-12,17H2,1H3,(H,32,34)(H,33,36). The lowest BCUT2D eigenvalue weighted by molar-refractivity contribution is -0.138. The maximum Gasteiger partial charge on any atom is 0.416 e. The first-order valence-corrected chi connectivity index (χ1v) is 12.4. The van der Waals surface area contributed by atoms with Crippen LogP contribution in [0.1, 0.15) is 34.8 Å². The minimum atomic E-state index is -4.49. The van der Waals surface area contributed by atoms with E-state index in [1.165, 1.54) is 12.1 Å². The van der Waals surface area contributed by atoms with Crippen molar-refractivity contribution in [1.29, 1.82) is 0 Å². The van der Waals surface area contributed by atoms with Crippen molar-refractivity contribution >= 4 is 29.0 Å². The molecule has 37 heavy (non-hydrogen) atoms. The zero-order valence-electron chi connectivity index (χ0n) is 20.4. The fourth-order valence-corrected chi connectivity index (χ4v) is 4.38. The second-order valence-electron chi connectivity index (χ2n) is 8.69. The first-order valence-electron chi connectivity index (χ1n) is 12.1. The molecule has 1 aliphatic rings. The normalized spacial score (nSPS) is 13.2. The molecule has 2 N–H and O–H groups in total. The minimum absolute atomic E-state index is 0.0256. The fourth-order valence-electron chi connectivity index (χ4n) is 4.18. The van der Waals surface area contributed by atoms with E-state index in [2.05, 4.69) is 15.6 Å². The molecule has 2 aromatic carbocycles. The molecule has 0 saturated heterocycles. The number of ether oxygens (including phenoxy) is 1. The fraction of sp³-hybridized carbons (Fsp3) is 0.333. The summed E-state index contributed by atoms with van der Waals surface area (Å²) in [7, 11) is 0. The van der Waals surface area contributed by atoms with Crippen molar-refractivity contribution in [2.75, 3.05) is 43.1 Å². The molecule has 0 radical (unpaired) electrons. The largest absolute Gasteiger partial charge is 0.416 e. The van der Waals surface area contributed by atoms with Crippen molar-refractivity contribution in [2.45, 2.75) is 26.1 Å². The SMILES string of the molecule is CCCOCCNC(=O)c1cccc(-c2cnc3c(c2)N(Cc2cc(Cl)ccc2C(F)(F)F)CCN3)c1. The molecule has 0 atom stereocenters. The Morgan fingerprint density at radius 3 is 2.78 bits per heavy atom. The van der Waals surface area contributed by atoms with E-state index in [1.54, 1.807) is 24.4 Å². The Morgan fingerprint density at radius 2 is 2.00 bits per heavy atom. The molecule has 0 bridgehead atoms. The highest BCUT2D eigenvalue weighted by Crippen LogP contribution is 2.37. The van der Waals surface area contributed by atoms with Crippen LogP contribution in [0.3, 0.4) is 0 Å². The van der Waals surface area contributed by atoms with Gasteiger partial charge in [0.2, 0.25) is 0 Å². The van der Waals surface area contributed by atoms with E-state index >= 15 is 0 Å². The van der Waals surface area contributed by atoms with Gasteiger partial charge in [-0.2, -0.15) is 13.2 Å². The van der Waals surface area contributed by atoms with E-state index in [4.69, 9.17) is 16.3 Å². The summed E-state index contributed by atoms with van der Waals surface area (Å²) in [5, 5.41) is 6.29. The molecule has 4 rings (SSSR count). The Bertz CT molecular complexity index is 1250. The predicted octanol–water partition coefficient (Wildman–Crippen LogP) is 6.01. The smallest absolute Gasteiger partial charge is 0.380 e. The van der Waals surface area contributed by atoms with E-state index in [0.717, 1.165) is 23.6 Å². The van der Waals surface area contributed by atoms with Crippen molar-refractivity contribution in [3.05, 3.63) is 76.4 Å². The van der Waals surface area contributed by atoms with Crippen LogP contribution in [0.2, 0.25) is 5.02 Å². The molecule has 1 aliphatic heterocycles. The van der Waals surface area contributed by atoms with E-state index < -0.39 is 11.7 Å². The van der Waals surface area contributed by atoms with Gasteiger partial charge in [0.15, 0.2) is 0 Å². The van der Waals surface area contributed by atoms with E-state index in [1.807, 2.05) is 24.0 Å². The van der Waals surface area contributed by atoms with Crippen LogP contribution in [0.15, 0.2) is 54.7 Å². The number of hydrogen-bond acceptors (Lipinski definition) is 5. The Morgan fingerprint density at radius 1 is 1.16 bits per heavy atom. The molecule has 0 aliphatic carbocycles. The zero-order valence-corrected chi connectivity index (χ0v) is 21.1. The summed E-state index contributed by atoms with van der Waals surface area (Å²) in [6.07, 6.45) is -1.88.